The third-order valence-electron chi connectivity index (χ3n) is 1.98. The zero-order chi connectivity index (χ0) is 12.8. The van der Waals surface area contributed by atoms with Gasteiger partial charge >= 0.3 is 5.97 Å². The van der Waals surface area contributed by atoms with Crippen molar-refractivity contribution in [3.63, 3.8) is 0 Å². The lowest BCUT2D eigenvalue weighted by Crippen LogP contribution is -2.26. The summed E-state index contributed by atoms with van der Waals surface area (Å²) in [6.45, 7) is 3.62. The van der Waals surface area contributed by atoms with E-state index in [0.717, 1.165) is 4.47 Å². The first kappa shape index (κ1) is 13.5. The van der Waals surface area contributed by atoms with Crippen LogP contribution in [0.25, 0.3) is 0 Å². The van der Waals surface area contributed by atoms with Gasteiger partial charge in [0.25, 0.3) is 0 Å². The summed E-state index contributed by atoms with van der Waals surface area (Å²) < 4.78 is 11.0. The number of esters is 1. The number of ether oxygens (including phenoxy) is 2. The molecule has 0 saturated heterocycles. The van der Waals surface area contributed by atoms with Crippen LogP contribution in [0.4, 0.5) is 0 Å². The molecular formula is C12H12BrNO3. The SMILES string of the molecule is CCOC(=O)C(C)Oc1ccc(Br)cc1C#N. The molecule has 0 aromatic heterocycles. The predicted molar refractivity (Wildman–Crippen MR) is 65.6 cm³/mol. The summed E-state index contributed by atoms with van der Waals surface area (Å²) in [5, 5.41) is 8.93. The average molecular weight is 298 g/mol. The summed E-state index contributed by atoms with van der Waals surface area (Å²) >= 11 is 3.26. The molecule has 4 nitrogen and oxygen atoms in total. The lowest BCUT2D eigenvalue weighted by atomic mass is 10.2. The van der Waals surface area contributed by atoms with Crippen molar-refractivity contribution >= 4 is 21.9 Å². The Morgan fingerprint density at radius 3 is 2.88 bits per heavy atom. The van der Waals surface area contributed by atoms with Gasteiger partial charge in [-0.2, -0.15) is 5.26 Å². The standard InChI is InChI=1S/C12H12BrNO3/c1-3-16-12(15)8(2)17-11-5-4-10(13)6-9(11)7-14/h4-6,8H,3H2,1-2H3. The zero-order valence-corrected chi connectivity index (χ0v) is 11.2. The van der Waals surface area contributed by atoms with Gasteiger partial charge in [-0.3, -0.25) is 0 Å². The maximum atomic E-state index is 11.4. The third kappa shape index (κ3) is 3.75. The normalized spacial score (nSPS) is 11.4. The molecule has 0 bridgehead atoms. The number of nitriles is 1. The van der Waals surface area contributed by atoms with E-state index >= 15 is 0 Å². The second-order valence-electron chi connectivity index (χ2n) is 3.26. The maximum Gasteiger partial charge on any atom is 0.347 e. The number of rotatable bonds is 4. The van der Waals surface area contributed by atoms with Crippen molar-refractivity contribution in [2.45, 2.75) is 20.0 Å². The highest BCUT2D eigenvalue weighted by Crippen LogP contribution is 2.23. The van der Waals surface area contributed by atoms with Crippen LogP contribution in [0, 0.1) is 11.3 Å². The molecule has 0 aliphatic heterocycles. The van der Waals surface area contributed by atoms with Crippen molar-refractivity contribution in [1.29, 1.82) is 5.26 Å². The summed E-state index contributed by atoms with van der Waals surface area (Å²) in [6.07, 6.45) is -0.733. The van der Waals surface area contributed by atoms with E-state index < -0.39 is 12.1 Å². The highest BCUT2D eigenvalue weighted by Gasteiger charge is 2.17. The molecule has 1 aromatic carbocycles. The van der Waals surface area contributed by atoms with E-state index in [1.54, 1.807) is 32.0 Å². The van der Waals surface area contributed by atoms with Crippen LogP contribution in [-0.4, -0.2) is 18.7 Å². The summed E-state index contributed by atoms with van der Waals surface area (Å²) in [5.41, 5.74) is 0.371. The van der Waals surface area contributed by atoms with E-state index in [1.807, 2.05) is 6.07 Å². The van der Waals surface area contributed by atoms with Gasteiger partial charge in [0.2, 0.25) is 0 Å². The van der Waals surface area contributed by atoms with Crippen LogP contribution in [0.3, 0.4) is 0 Å². The lowest BCUT2D eigenvalue weighted by molar-refractivity contribution is -0.150. The highest BCUT2D eigenvalue weighted by atomic mass is 79.9. The monoisotopic (exact) mass is 297 g/mol. The summed E-state index contributed by atoms with van der Waals surface area (Å²) in [5.74, 6) is -0.0736. The second-order valence-corrected chi connectivity index (χ2v) is 4.18. The van der Waals surface area contributed by atoms with Crippen LogP contribution in [0.5, 0.6) is 5.75 Å². The Morgan fingerprint density at radius 1 is 1.59 bits per heavy atom. The first-order valence-corrected chi connectivity index (χ1v) is 5.90. The molecule has 0 N–H and O–H groups in total. The van der Waals surface area contributed by atoms with Crippen molar-refractivity contribution in [3.05, 3.63) is 28.2 Å². The van der Waals surface area contributed by atoms with Crippen LogP contribution in [0.2, 0.25) is 0 Å². The van der Waals surface area contributed by atoms with Gasteiger partial charge in [0.1, 0.15) is 11.8 Å². The van der Waals surface area contributed by atoms with E-state index in [9.17, 15) is 4.79 Å². The summed E-state index contributed by atoms with van der Waals surface area (Å²) in [4.78, 5) is 11.4. The molecule has 5 heteroatoms. The minimum atomic E-state index is -0.733. The first-order valence-electron chi connectivity index (χ1n) is 5.11. The number of nitrogens with zero attached hydrogens (tertiary/aromatic N) is 1. The molecule has 0 fully saturated rings. The van der Waals surface area contributed by atoms with Gasteiger partial charge in [-0.15, -0.1) is 0 Å². The van der Waals surface area contributed by atoms with Crippen molar-refractivity contribution in [2.75, 3.05) is 6.61 Å². The number of carbonyl (C=O) groups excluding carboxylic acids is 1. The zero-order valence-electron chi connectivity index (χ0n) is 9.57. The molecule has 17 heavy (non-hydrogen) atoms. The van der Waals surface area contributed by atoms with Crippen molar-refractivity contribution in [3.8, 4) is 11.8 Å². The molecule has 0 aliphatic carbocycles. The highest BCUT2D eigenvalue weighted by molar-refractivity contribution is 9.10. The molecule has 1 aromatic rings. The van der Waals surface area contributed by atoms with Gasteiger partial charge in [-0.05, 0) is 32.0 Å². The van der Waals surface area contributed by atoms with E-state index in [4.69, 9.17) is 14.7 Å². The van der Waals surface area contributed by atoms with Gasteiger partial charge in [0.05, 0.1) is 12.2 Å². The van der Waals surface area contributed by atoms with Crippen molar-refractivity contribution < 1.29 is 14.3 Å². The minimum absolute atomic E-state index is 0.304. The molecule has 0 amide bonds. The molecule has 0 spiro atoms. The molecule has 1 rings (SSSR count). The van der Waals surface area contributed by atoms with E-state index in [0.29, 0.717) is 17.9 Å². The average Bonchev–Trinajstić information content (AvgIpc) is 2.31. The molecule has 1 unspecified atom stereocenters. The van der Waals surface area contributed by atoms with Gasteiger partial charge in [-0.1, -0.05) is 15.9 Å². The number of benzene rings is 1. The molecule has 0 heterocycles. The summed E-state index contributed by atoms with van der Waals surface area (Å²) in [7, 11) is 0. The number of carbonyl (C=O) groups is 1. The molecule has 0 saturated carbocycles. The Morgan fingerprint density at radius 2 is 2.29 bits per heavy atom. The molecule has 1 atom stereocenters. The number of hydrogen-bond donors (Lipinski definition) is 0. The fourth-order valence-electron chi connectivity index (χ4n) is 1.19. The smallest absolute Gasteiger partial charge is 0.347 e. The fourth-order valence-corrected chi connectivity index (χ4v) is 1.55. The Bertz CT molecular complexity index is 454. The van der Waals surface area contributed by atoms with Crippen LogP contribution in [0.1, 0.15) is 19.4 Å². The number of hydrogen-bond acceptors (Lipinski definition) is 4. The topological polar surface area (TPSA) is 59.3 Å². The third-order valence-corrected chi connectivity index (χ3v) is 2.48. The van der Waals surface area contributed by atoms with Crippen LogP contribution in [0.15, 0.2) is 22.7 Å². The maximum absolute atomic E-state index is 11.4. The van der Waals surface area contributed by atoms with Crippen LogP contribution < -0.4 is 4.74 Å². The van der Waals surface area contributed by atoms with E-state index in [2.05, 4.69) is 15.9 Å². The van der Waals surface area contributed by atoms with Gasteiger partial charge in [0, 0.05) is 4.47 Å². The largest absolute Gasteiger partial charge is 0.478 e. The van der Waals surface area contributed by atoms with E-state index in [1.165, 1.54) is 0 Å². The Labute approximate surface area is 108 Å². The molecular weight excluding hydrogens is 286 g/mol. The van der Waals surface area contributed by atoms with Gasteiger partial charge in [-0.25, -0.2) is 4.79 Å². The van der Waals surface area contributed by atoms with Crippen molar-refractivity contribution in [1.82, 2.24) is 0 Å². The van der Waals surface area contributed by atoms with Gasteiger partial charge < -0.3 is 9.47 Å². The molecule has 0 radical (unpaired) electrons. The summed E-state index contributed by atoms with van der Waals surface area (Å²) in [6, 6.07) is 7.02. The van der Waals surface area contributed by atoms with Crippen molar-refractivity contribution in [2.24, 2.45) is 0 Å². The van der Waals surface area contributed by atoms with Crippen LogP contribution >= 0.6 is 15.9 Å². The van der Waals surface area contributed by atoms with E-state index in [-0.39, 0.29) is 0 Å². The fraction of sp³-hybridized carbons (Fsp3) is 0.333. The minimum Gasteiger partial charge on any atom is -0.478 e. The first-order chi connectivity index (χ1) is 8.08. The Balaban J connectivity index is 2.82. The van der Waals surface area contributed by atoms with Crippen LogP contribution in [-0.2, 0) is 9.53 Å². The Hall–Kier alpha value is -1.54. The lowest BCUT2D eigenvalue weighted by Gasteiger charge is -2.14. The predicted octanol–water partition coefficient (Wildman–Crippen LogP) is 2.65. The second kappa shape index (κ2) is 6.26. The Kier molecular flexibility index (Phi) is 4.98. The molecule has 0 aliphatic rings. The van der Waals surface area contributed by atoms with Gasteiger partial charge in [0.15, 0.2) is 6.10 Å². The number of halogens is 1. The quantitative estimate of drug-likeness (QED) is 0.802. The molecule has 90 valence electrons.